The molecular weight excluding hydrogens is 721 g/mol. The number of rotatable bonds is 10. The number of hydrogen-bond donors (Lipinski definition) is 4. The van der Waals surface area contributed by atoms with E-state index in [-0.39, 0.29) is 0 Å². The van der Waals surface area contributed by atoms with Gasteiger partial charge in [0.05, 0.1) is 44.1 Å². The van der Waals surface area contributed by atoms with Gasteiger partial charge in [-0.2, -0.15) is 0 Å². The third-order valence-corrected chi connectivity index (χ3v) is 10.5. The highest BCUT2D eigenvalue weighted by molar-refractivity contribution is 6.00. The first-order valence-electron chi connectivity index (χ1n) is 19.2. The molecule has 0 aliphatic carbocycles. The molecule has 286 valence electrons. The Morgan fingerprint density at radius 2 is 0.724 bits per heavy atom. The first-order chi connectivity index (χ1) is 28.5. The highest BCUT2D eigenvalue weighted by Gasteiger charge is 2.19. The van der Waals surface area contributed by atoms with E-state index in [2.05, 4.69) is 125 Å². The van der Waals surface area contributed by atoms with Gasteiger partial charge in [-0.25, -0.2) is 9.97 Å². The number of ether oxygens (including phenoxy) is 3. The van der Waals surface area contributed by atoms with Crippen LogP contribution in [0.4, 0.5) is 5.69 Å². The molecule has 5 heterocycles. The van der Waals surface area contributed by atoms with Gasteiger partial charge in [-0.05, 0) is 119 Å². The summed E-state index contributed by atoms with van der Waals surface area (Å²) in [5.41, 5.74) is 21.6. The van der Waals surface area contributed by atoms with E-state index in [1.54, 1.807) is 21.3 Å². The largest absolute Gasteiger partial charge is 0.497 e. The van der Waals surface area contributed by atoms with Crippen molar-refractivity contribution in [2.45, 2.75) is 0 Å². The first kappa shape index (κ1) is 36.3. The molecule has 7 aromatic rings. The van der Waals surface area contributed by atoms with E-state index < -0.39 is 0 Å². The Balaban J connectivity index is 1.41. The van der Waals surface area contributed by atoms with Crippen LogP contribution in [0, 0.1) is 0 Å². The number of fused-ring (bicyclic) bond motifs is 8. The average molecular weight is 763 g/mol. The molecule has 0 spiro atoms. The van der Waals surface area contributed by atoms with Crippen LogP contribution in [0.2, 0.25) is 0 Å². The molecule has 0 unspecified atom stereocenters. The molecule has 0 saturated heterocycles. The fraction of sp³-hybridized carbons (Fsp3) is 0.102. The minimum absolute atomic E-state index is 0.549. The third kappa shape index (κ3) is 6.88. The Bertz CT molecular complexity index is 2810. The molecule has 8 bridgehead atoms. The van der Waals surface area contributed by atoms with Crippen molar-refractivity contribution in [3.05, 3.63) is 144 Å². The maximum atomic E-state index is 5.79. The number of hydrogen-bond acceptors (Lipinski definition) is 7. The van der Waals surface area contributed by atoms with Crippen molar-refractivity contribution < 1.29 is 14.2 Å². The first-order valence-corrected chi connectivity index (χ1v) is 19.2. The standard InChI is InChI=1S/C49H42N6O3/c1-56-35-14-6-31(7-15-35)47-40-22-20-38(52-40)46(30-4-12-34(13-5-30)51-29-28-50)39-21-23-41(53-39)48(32-8-16-36(57-2)17-9-32)43-25-27-45(55-43)49(44-26-24-42(47)54-44)33-10-18-37(58-3)19-11-33/h4-27,51-52,55H,28-29,50H2,1-3H3. The van der Waals surface area contributed by atoms with E-state index in [0.29, 0.717) is 13.1 Å². The summed E-state index contributed by atoms with van der Waals surface area (Å²) in [5.74, 6) is 2.34. The number of aromatic amines is 2. The molecular formula is C49H42N6O3. The van der Waals surface area contributed by atoms with Crippen molar-refractivity contribution in [3.8, 4) is 61.8 Å². The zero-order valence-electron chi connectivity index (χ0n) is 32.5. The van der Waals surface area contributed by atoms with Crippen molar-refractivity contribution >= 4 is 52.1 Å². The predicted molar refractivity (Wildman–Crippen MR) is 238 cm³/mol. The van der Waals surface area contributed by atoms with Crippen LogP contribution in [0.3, 0.4) is 0 Å². The maximum Gasteiger partial charge on any atom is 0.118 e. The molecule has 4 aromatic carbocycles. The monoisotopic (exact) mass is 762 g/mol. The molecule has 0 radical (unpaired) electrons. The smallest absolute Gasteiger partial charge is 0.118 e. The number of methoxy groups -OCH3 is 3. The van der Waals surface area contributed by atoms with Gasteiger partial charge in [-0.15, -0.1) is 0 Å². The summed E-state index contributed by atoms with van der Waals surface area (Å²) in [6, 6.07) is 41.3. The van der Waals surface area contributed by atoms with Gasteiger partial charge in [0, 0.05) is 63.1 Å². The van der Waals surface area contributed by atoms with Gasteiger partial charge in [0.1, 0.15) is 17.2 Å². The van der Waals surface area contributed by atoms with Crippen LogP contribution in [-0.2, 0) is 0 Å². The lowest BCUT2D eigenvalue weighted by atomic mass is 10.0. The molecule has 3 aromatic heterocycles. The average Bonchev–Trinajstić information content (AvgIpc) is 4.12. The minimum atomic E-state index is 0.549. The number of nitrogens with two attached hydrogens (primary N) is 1. The summed E-state index contributed by atoms with van der Waals surface area (Å²) in [4.78, 5) is 18.4. The van der Waals surface area contributed by atoms with Crippen molar-refractivity contribution in [1.82, 2.24) is 19.9 Å². The van der Waals surface area contributed by atoms with E-state index in [4.69, 9.17) is 29.9 Å². The summed E-state index contributed by atoms with van der Waals surface area (Å²) in [6.07, 6.45) is 8.39. The Kier molecular flexibility index (Phi) is 9.79. The Morgan fingerprint density at radius 3 is 1.00 bits per heavy atom. The highest BCUT2D eigenvalue weighted by atomic mass is 16.5. The minimum Gasteiger partial charge on any atom is -0.497 e. The summed E-state index contributed by atoms with van der Waals surface area (Å²) in [5, 5.41) is 3.39. The van der Waals surface area contributed by atoms with Crippen LogP contribution >= 0.6 is 0 Å². The van der Waals surface area contributed by atoms with Crippen LogP contribution in [0.15, 0.2) is 121 Å². The highest BCUT2D eigenvalue weighted by Crippen LogP contribution is 2.39. The lowest BCUT2D eigenvalue weighted by Gasteiger charge is -2.09. The van der Waals surface area contributed by atoms with Gasteiger partial charge in [0.2, 0.25) is 0 Å². The van der Waals surface area contributed by atoms with Crippen molar-refractivity contribution in [2.75, 3.05) is 39.7 Å². The fourth-order valence-electron chi connectivity index (χ4n) is 7.66. The fourth-order valence-corrected chi connectivity index (χ4v) is 7.66. The van der Waals surface area contributed by atoms with Crippen LogP contribution in [0.1, 0.15) is 22.8 Å². The van der Waals surface area contributed by atoms with Gasteiger partial charge >= 0.3 is 0 Å². The Hall–Kier alpha value is -7.36. The van der Waals surface area contributed by atoms with Crippen molar-refractivity contribution in [3.63, 3.8) is 0 Å². The van der Waals surface area contributed by atoms with E-state index >= 15 is 0 Å². The van der Waals surface area contributed by atoms with Crippen LogP contribution in [0.5, 0.6) is 17.2 Å². The van der Waals surface area contributed by atoms with E-state index in [9.17, 15) is 0 Å². The molecule has 9 rings (SSSR count). The summed E-state index contributed by atoms with van der Waals surface area (Å²) in [7, 11) is 5.04. The zero-order chi connectivity index (χ0) is 39.6. The molecule has 0 saturated carbocycles. The molecule has 9 nitrogen and oxygen atoms in total. The van der Waals surface area contributed by atoms with Gasteiger partial charge in [0.15, 0.2) is 0 Å². The van der Waals surface area contributed by atoms with Gasteiger partial charge in [-0.3, -0.25) is 0 Å². The summed E-state index contributed by atoms with van der Waals surface area (Å²) >= 11 is 0. The lowest BCUT2D eigenvalue weighted by Crippen LogP contribution is -2.12. The van der Waals surface area contributed by atoms with E-state index in [0.717, 1.165) is 112 Å². The summed E-state index contributed by atoms with van der Waals surface area (Å²) in [6.45, 7) is 1.24. The quantitative estimate of drug-likeness (QED) is 0.109. The number of aromatic nitrogens is 4. The number of nitrogens with zero attached hydrogens (tertiary/aromatic N) is 2. The van der Waals surface area contributed by atoms with Crippen molar-refractivity contribution in [2.24, 2.45) is 5.73 Å². The number of H-pyrrole nitrogens is 2. The van der Waals surface area contributed by atoms with Crippen LogP contribution < -0.4 is 25.3 Å². The molecule has 9 heteroatoms. The van der Waals surface area contributed by atoms with Crippen LogP contribution in [0.25, 0.3) is 90.9 Å². The molecule has 2 aliphatic heterocycles. The normalized spacial score (nSPS) is 11.8. The SMILES string of the molecule is COc1ccc(-c2c3nc(c(-c4ccc(OC)cc4)c4ccc([nH]4)c(-c4ccc(OC)cc4)c4nc(c(-c5ccc(NCCN)cc5)c5ccc2[nH]5)C=C4)C=C3)cc1. The molecule has 0 amide bonds. The van der Waals surface area contributed by atoms with Crippen molar-refractivity contribution in [1.29, 1.82) is 0 Å². The topological polar surface area (TPSA) is 123 Å². The zero-order valence-corrected chi connectivity index (χ0v) is 32.5. The van der Waals surface area contributed by atoms with E-state index in [1.165, 1.54) is 0 Å². The van der Waals surface area contributed by atoms with Crippen LogP contribution in [-0.4, -0.2) is 54.4 Å². The predicted octanol–water partition coefficient (Wildman–Crippen LogP) is 10.7. The van der Waals surface area contributed by atoms with Gasteiger partial charge < -0.3 is 35.2 Å². The number of anilines is 1. The second kappa shape index (κ2) is 15.6. The Morgan fingerprint density at radius 1 is 0.431 bits per heavy atom. The van der Waals surface area contributed by atoms with Gasteiger partial charge in [-0.1, -0.05) is 48.5 Å². The third-order valence-electron chi connectivity index (χ3n) is 10.5. The summed E-state index contributed by atoms with van der Waals surface area (Å²) < 4.78 is 16.6. The molecule has 58 heavy (non-hydrogen) atoms. The molecule has 2 aliphatic rings. The maximum absolute atomic E-state index is 5.79. The molecule has 5 N–H and O–H groups in total. The molecule has 0 fully saturated rings. The lowest BCUT2D eigenvalue weighted by molar-refractivity contribution is 0.415. The number of benzene rings is 4. The Labute approximate surface area is 336 Å². The molecule has 0 atom stereocenters. The second-order valence-corrected chi connectivity index (χ2v) is 14.0. The van der Waals surface area contributed by atoms with E-state index in [1.807, 2.05) is 36.4 Å². The van der Waals surface area contributed by atoms with Gasteiger partial charge in [0.25, 0.3) is 0 Å². The number of nitrogens with one attached hydrogen (secondary N) is 3. The second-order valence-electron chi connectivity index (χ2n) is 14.0.